The lowest BCUT2D eigenvalue weighted by Gasteiger charge is -2.37. The highest BCUT2D eigenvalue weighted by atomic mass is 35.5. The van der Waals surface area contributed by atoms with E-state index in [1.807, 2.05) is 18.2 Å². The molecule has 138 valence electrons. The van der Waals surface area contributed by atoms with Gasteiger partial charge in [-0.05, 0) is 81.4 Å². The number of likely N-dealkylation sites (tertiary alicyclic amines) is 1. The van der Waals surface area contributed by atoms with Gasteiger partial charge in [-0.15, -0.1) is 12.4 Å². The molecule has 4 nitrogen and oxygen atoms in total. The lowest BCUT2D eigenvalue weighted by atomic mass is 9.80. The van der Waals surface area contributed by atoms with E-state index in [2.05, 4.69) is 15.5 Å². The summed E-state index contributed by atoms with van der Waals surface area (Å²) in [6.45, 7) is 5.82. The van der Waals surface area contributed by atoms with Crippen molar-refractivity contribution in [3.63, 3.8) is 0 Å². The molecule has 2 fully saturated rings. The lowest BCUT2D eigenvalue weighted by Crippen LogP contribution is -2.41. The predicted molar refractivity (Wildman–Crippen MR) is 105 cm³/mol. The number of carbonyl (C=O) groups is 1. The fourth-order valence-electron chi connectivity index (χ4n) is 4.63. The van der Waals surface area contributed by atoms with Crippen molar-refractivity contribution in [3.8, 4) is 0 Å². The number of halogens is 2. The molecule has 25 heavy (non-hydrogen) atoms. The normalized spacial score (nSPS) is 25.3. The fraction of sp³-hybridized carbons (Fsp3) is 0.632. The predicted octanol–water partition coefficient (Wildman–Crippen LogP) is 3.51. The Kier molecular flexibility index (Phi) is 6.26. The molecule has 1 unspecified atom stereocenters. The first-order chi connectivity index (χ1) is 11.7. The molecular formula is C19H27Cl2N3O. The summed E-state index contributed by atoms with van der Waals surface area (Å²) in [6.07, 6.45) is 4.84. The van der Waals surface area contributed by atoms with Crippen LogP contribution in [0.1, 0.15) is 37.2 Å². The van der Waals surface area contributed by atoms with Crippen molar-refractivity contribution in [2.24, 2.45) is 11.8 Å². The largest absolute Gasteiger partial charge is 0.325 e. The summed E-state index contributed by atoms with van der Waals surface area (Å²) >= 11 is 6.05. The van der Waals surface area contributed by atoms with Crippen LogP contribution in [-0.2, 0) is 4.79 Å². The van der Waals surface area contributed by atoms with E-state index in [0.717, 1.165) is 43.1 Å². The molecule has 0 aliphatic carbocycles. The second kappa shape index (κ2) is 8.26. The van der Waals surface area contributed by atoms with Crippen LogP contribution in [0.2, 0.25) is 5.02 Å². The topological polar surface area (TPSA) is 44.4 Å². The zero-order valence-electron chi connectivity index (χ0n) is 14.5. The number of hydrogen-bond donors (Lipinski definition) is 2. The Labute approximate surface area is 161 Å². The van der Waals surface area contributed by atoms with E-state index < -0.39 is 0 Å². The number of hydrogen-bond acceptors (Lipinski definition) is 3. The number of carbonyl (C=O) groups excluding carboxylic acids is 1. The maximum Gasteiger partial charge on any atom is 0.232 e. The first-order valence-corrected chi connectivity index (χ1v) is 9.62. The monoisotopic (exact) mass is 383 g/mol. The summed E-state index contributed by atoms with van der Waals surface area (Å²) in [5.74, 6) is 1.47. The van der Waals surface area contributed by atoms with Gasteiger partial charge < -0.3 is 15.5 Å². The molecule has 6 heteroatoms. The lowest BCUT2D eigenvalue weighted by molar-refractivity contribution is -0.118. The minimum absolute atomic E-state index is 0. The van der Waals surface area contributed by atoms with Crippen LogP contribution >= 0.6 is 24.0 Å². The SMILES string of the molecule is Cl.O=C1Nc2cc(Cl)ccc2C1C1CCN(CC2CCNCC2)CC1. The first-order valence-electron chi connectivity index (χ1n) is 9.24. The molecule has 0 spiro atoms. The molecule has 3 heterocycles. The molecule has 3 aliphatic rings. The van der Waals surface area contributed by atoms with Crippen LogP contribution in [0.3, 0.4) is 0 Å². The minimum Gasteiger partial charge on any atom is -0.325 e. The summed E-state index contributed by atoms with van der Waals surface area (Å²) < 4.78 is 0. The van der Waals surface area contributed by atoms with Gasteiger partial charge in [0.25, 0.3) is 0 Å². The van der Waals surface area contributed by atoms with E-state index in [-0.39, 0.29) is 24.2 Å². The number of nitrogens with one attached hydrogen (secondary N) is 2. The van der Waals surface area contributed by atoms with Gasteiger partial charge >= 0.3 is 0 Å². The Balaban J connectivity index is 0.00000182. The Morgan fingerprint density at radius 2 is 1.84 bits per heavy atom. The zero-order valence-corrected chi connectivity index (χ0v) is 16.0. The van der Waals surface area contributed by atoms with Crippen molar-refractivity contribution in [1.82, 2.24) is 10.2 Å². The smallest absolute Gasteiger partial charge is 0.232 e. The van der Waals surface area contributed by atoms with Gasteiger partial charge in [-0.1, -0.05) is 17.7 Å². The highest BCUT2D eigenvalue weighted by molar-refractivity contribution is 6.31. The minimum atomic E-state index is 0. The average molecular weight is 384 g/mol. The van der Waals surface area contributed by atoms with Crippen LogP contribution in [-0.4, -0.2) is 43.5 Å². The molecule has 1 atom stereocenters. The number of fused-ring (bicyclic) bond motifs is 1. The quantitative estimate of drug-likeness (QED) is 0.838. The number of piperidine rings is 2. The number of rotatable bonds is 3. The third kappa shape index (κ3) is 4.13. The summed E-state index contributed by atoms with van der Waals surface area (Å²) in [5.41, 5.74) is 2.05. The van der Waals surface area contributed by atoms with Crippen molar-refractivity contribution >= 4 is 35.6 Å². The van der Waals surface area contributed by atoms with Gasteiger partial charge in [-0.3, -0.25) is 4.79 Å². The van der Waals surface area contributed by atoms with Crippen LogP contribution in [0.4, 0.5) is 5.69 Å². The molecule has 0 bridgehead atoms. The van der Waals surface area contributed by atoms with E-state index >= 15 is 0 Å². The summed E-state index contributed by atoms with van der Waals surface area (Å²) in [7, 11) is 0. The van der Waals surface area contributed by atoms with Crippen LogP contribution < -0.4 is 10.6 Å². The van der Waals surface area contributed by atoms with E-state index in [1.54, 1.807) is 0 Å². The van der Waals surface area contributed by atoms with Crippen LogP contribution in [0.25, 0.3) is 0 Å². The second-order valence-corrected chi connectivity index (χ2v) is 7.97. The standard InChI is InChI=1S/C19H26ClN3O.ClH/c20-15-1-2-16-17(11-15)22-19(24)18(16)14-5-9-23(10-6-14)12-13-3-7-21-8-4-13;/h1-2,11,13-14,18,21H,3-10,12H2,(H,22,24);1H. The van der Waals surface area contributed by atoms with Gasteiger partial charge in [-0.2, -0.15) is 0 Å². The molecular weight excluding hydrogens is 357 g/mol. The highest BCUT2D eigenvalue weighted by Crippen LogP contribution is 2.42. The fourth-order valence-corrected chi connectivity index (χ4v) is 4.80. The molecule has 1 aromatic carbocycles. The number of anilines is 1. The van der Waals surface area contributed by atoms with Crippen molar-refractivity contribution < 1.29 is 4.79 Å². The maximum absolute atomic E-state index is 12.5. The van der Waals surface area contributed by atoms with Crippen molar-refractivity contribution in [2.75, 3.05) is 38.0 Å². The van der Waals surface area contributed by atoms with Gasteiger partial charge in [0.2, 0.25) is 5.91 Å². The van der Waals surface area contributed by atoms with E-state index in [1.165, 1.54) is 32.5 Å². The van der Waals surface area contributed by atoms with Gasteiger partial charge in [0.1, 0.15) is 0 Å². The summed E-state index contributed by atoms with van der Waals surface area (Å²) in [6, 6.07) is 5.81. The van der Waals surface area contributed by atoms with Crippen LogP contribution in [0, 0.1) is 11.8 Å². The Morgan fingerprint density at radius 1 is 1.12 bits per heavy atom. The van der Waals surface area contributed by atoms with Crippen LogP contribution in [0.5, 0.6) is 0 Å². The summed E-state index contributed by atoms with van der Waals surface area (Å²) in [4.78, 5) is 15.1. The van der Waals surface area contributed by atoms with Crippen molar-refractivity contribution in [2.45, 2.75) is 31.6 Å². The maximum atomic E-state index is 12.5. The van der Waals surface area contributed by atoms with Gasteiger partial charge in [0.15, 0.2) is 0 Å². The molecule has 2 N–H and O–H groups in total. The number of amides is 1. The van der Waals surface area contributed by atoms with Crippen molar-refractivity contribution in [3.05, 3.63) is 28.8 Å². The van der Waals surface area contributed by atoms with E-state index in [9.17, 15) is 4.79 Å². The molecule has 1 amide bonds. The van der Waals surface area contributed by atoms with Gasteiger partial charge in [0.05, 0.1) is 5.92 Å². The van der Waals surface area contributed by atoms with E-state index in [0.29, 0.717) is 10.9 Å². The Bertz CT molecular complexity index is 611. The highest BCUT2D eigenvalue weighted by Gasteiger charge is 2.38. The van der Waals surface area contributed by atoms with E-state index in [4.69, 9.17) is 11.6 Å². The van der Waals surface area contributed by atoms with Crippen LogP contribution in [0.15, 0.2) is 18.2 Å². The Hall–Kier alpha value is -0.810. The molecule has 0 saturated carbocycles. The molecule has 0 aromatic heterocycles. The van der Waals surface area contributed by atoms with Crippen molar-refractivity contribution in [1.29, 1.82) is 0 Å². The molecule has 3 aliphatic heterocycles. The summed E-state index contributed by atoms with van der Waals surface area (Å²) in [5, 5.41) is 7.15. The molecule has 2 saturated heterocycles. The average Bonchev–Trinajstić information content (AvgIpc) is 2.91. The second-order valence-electron chi connectivity index (χ2n) is 7.53. The molecule has 4 rings (SSSR count). The number of benzene rings is 1. The zero-order chi connectivity index (χ0) is 16.5. The number of nitrogens with zero attached hydrogens (tertiary/aromatic N) is 1. The van der Waals surface area contributed by atoms with Gasteiger partial charge in [0, 0.05) is 17.3 Å². The van der Waals surface area contributed by atoms with Gasteiger partial charge in [-0.25, -0.2) is 0 Å². The molecule has 0 radical (unpaired) electrons. The third-order valence-corrected chi connectivity index (χ3v) is 6.20. The first kappa shape index (κ1) is 19.0. The molecule has 1 aromatic rings. The Morgan fingerprint density at radius 3 is 2.56 bits per heavy atom. The third-order valence-electron chi connectivity index (χ3n) is 5.97.